The highest BCUT2D eigenvalue weighted by atomic mass is 79.9. The Morgan fingerprint density at radius 1 is 1.32 bits per heavy atom. The lowest BCUT2D eigenvalue weighted by Crippen LogP contribution is -2.30. The molecule has 8 heteroatoms. The number of carbonyl (C=O) groups is 1. The Morgan fingerprint density at radius 3 is 2.53 bits per heavy atom. The van der Waals surface area contributed by atoms with Gasteiger partial charge in [-0.2, -0.15) is 0 Å². The molecule has 106 valence electrons. The second-order valence-corrected chi connectivity index (χ2v) is 6.45. The smallest absolute Gasteiger partial charge is 0.240 e. The van der Waals surface area contributed by atoms with E-state index in [2.05, 4.69) is 31.3 Å². The summed E-state index contributed by atoms with van der Waals surface area (Å²) >= 11 is 3.23. The molecule has 0 saturated heterocycles. The fraction of sp³-hybridized carbons (Fsp3) is 0.364. The molecule has 6 nitrogen and oxygen atoms in total. The molecule has 0 unspecified atom stereocenters. The number of likely N-dealkylation sites (N-methyl/N-ethyl adjacent to an activating group) is 1. The van der Waals surface area contributed by atoms with E-state index in [0.717, 1.165) is 0 Å². The first-order chi connectivity index (χ1) is 8.86. The number of halogens is 1. The van der Waals surface area contributed by atoms with Gasteiger partial charge in [0.25, 0.3) is 0 Å². The molecular weight excluding hydrogens is 334 g/mol. The molecule has 0 aliphatic rings. The van der Waals surface area contributed by atoms with Gasteiger partial charge in [-0.25, -0.2) is 13.1 Å². The van der Waals surface area contributed by atoms with Crippen LogP contribution in [-0.4, -0.2) is 34.5 Å². The average molecular weight is 350 g/mol. The Balaban J connectivity index is 2.90. The predicted octanol–water partition coefficient (Wildman–Crippen LogP) is 0.905. The Hall–Kier alpha value is -0.960. The average Bonchev–Trinajstić information content (AvgIpc) is 2.31. The molecule has 0 bridgehead atoms. The van der Waals surface area contributed by atoms with Crippen LogP contribution in [0.3, 0.4) is 0 Å². The van der Waals surface area contributed by atoms with E-state index >= 15 is 0 Å². The van der Waals surface area contributed by atoms with E-state index in [0.29, 0.717) is 23.2 Å². The molecule has 0 atom stereocenters. The fourth-order valence-corrected chi connectivity index (χ4v) is 3.03. The number of rotatable bonds is 6. The lowest BCUT2D eigenvalue weighted by Gasteiger charge is -2.09. The van der Waals surface area contributed by atoms with Crippen LogP contribution in [0.2, 0.25) is 0 Å². The second-order valence-electron chi connectivity index (χ2n) is 3.82. The first-order valence-corrected chi connectivity index (χ1v) is 7.86. The molecule has 0 heterocycles. The zero-order valence-corrected chi connectivity index (χ0v) is 13.1. The summed E-state index contributed by atoms with van der Waals surface area (Å²) in [4.78, 5) is 11.1. The van der Waals surface area contributed by atoms with E-state index in [9.17, 15) is 13.2 Å². The van der Waals surface area contributed by atoms with E-state index in [1.165, 1.54) is 25.1 Å². The standard InChI is InChI=1S/C11H16BrN3O3S/c1-8(16)15-11-4-3-9(7-10(11)12)19(17,18)14-6-5-13-2/h3-4,7,13-14H,5-6H2,1-2H3,(H,15,16). The van der Waals surface area contributed by atoms with Gasteiger partial charge < -0.3 is 10.6 Å². The largest absolute Gasteiger partial charge is 0.325 e. The van der Waals surface area contributed by atoms with Crippen LogP contribution in [0.15, 0.2) is 27.6 Å². The lowest BCUT2D eigenvalue weighted by molar-refractivity contribution is -0.114. The quantitative estimate of drug-likeness (QED) is 0.666. The van der Waals surface area contributed by atoms with Crippen molar-refractivity contribution < 1.29 is 13.2 Å². The first-order valence-electron chi connectivity index (χ1n) is 5.58. The summed E-state index contributed by atoms with van der Waals surface area (Å²) in [5.74, 6) is -0.219. The van der Waals surface area contributed by atoms with Crippen molar-refractivity contribution in [3.63, 3.8) is 0 Å². The summed E-state index contributed by atoms with van der Waals surface area (Å²) < 4.78 is 26.9. The molecule has 0 saturated carbocycles. The van der Waals surface area contributed by atoms with Crippen molar-refractivity contribution >= 4 is 37.5 Å². The van der Waals surface area contributed by atoms with Gasteiger partial charge >= 0.3 is 0 Å². The minimum absolute atomic E-state index is 0.143. The predicted molar refractivity (Wildman–Crippen MR) is 77.6 cm³/mol. The summed E-state index contributed by atoms with van der Waals surface area (Å²) in [6, 6.07) is 4.43. The topological polar surface area (TPSA) is 87.3 Å². The molecule has 0 radical (unpaired) electrons. The molecule has 0 fully saturated rings. The van der Waals surface area contributed by atoms with Crippen molar-refractivity contribution in [1.82, 2.24) is 10.0 Å². The van der Waals surface area contributed by atoms with Gasteiger partial charge in [0.1, 0.15) is 0 Å². The van der Waals surface area contributed by atoms with Gasteiger partial charge in [-0.3, -0.25) is 4.79 Å². The van der Waals surface area contributed by atoms with Crippen molar-refractivity contribution in [1.29, 1.82) is 0 Å². The van der Waals surface area contributed by atoms with Gasteiger partial charge in [0, 0.05) is 24.5 Å². The SMILES string of the molecule is CNCCNS(=O)(=O)c1ccc(NC(C)=O)c(Br)c1. The highest BCUT2D eigenvalue weighted by Crippen LogP contribution is 2.25. The van der Waals surface area contributed by atoms with E-state index in [4.69, 9.17) is 0 Å². The van der Waals surface area contributed by atoms with Crippen LogP contribution in [-0.2, 0) is 14.8 Å². The number of benzene rings is 1. The molecule has 0 aromatic heterocycles. The molecule has 0 spiro atoms. The van der Waals surface area contributed by atoms with Crippen molar-refractivity contribution in [2.24, 2.45) is 0 Å². The van der Waals surface area contributed by atoms with Crippen molar-refractivity contribution in [3.05, 3.63) is 22.7 Å². The molecule has 19 heavy (non-hydrogen) atoms. The zero-order chi connectivity index (χ0) is 14.5. The summed E-state index contributed by atoms with van der Waals surface area (Å²) in [5, 5.41) is 5.44. The maximum atomic E-state index is 11.9. The van der Waals surface area contributed by atoms with Gasteiger partial charge in [-0.05, 0) is 41.2 Å². The highest BCUT2D eigenvalue weighted by molar-refractivity contribution is 9.10. The third kappa shape index (κ3) is 4.90. The number of sulfonamides is 1. The number of anilines is 1. The molecular formula is C11H16BrN3O3S. The molecule has 3 N–H and O–H groups in total. The zero-order valence-electron chi connectivity index (χ0n) is 10.7. The van der Waals surface area contributed by atoms with Crippen LogP contribution in [0, 0.1) is 0 Å². The molecule has 1 amide bonds. The molecule has 0 aliphatic heterocycles. The third-order valence-electron chi connectivity index (χ3n) is 2.23. The second kappa shape index (κ2) is 6.99. The fourth-order valence-electron chi connectivity index (χ4n) is 1.35. The third-order valence-corrected chi connectivity index (χ3v) is 4.34. The lowest BCUT2D eigenvalue weighted by atomic mass is 10.3. The van der Waals surface area contributed by atoms with Gasteiger partial charge in [-0.15, -0.1) is 0 Å². The van der Waals surface area contributed by atoms with Gasteiger partial charge in [0.15, 0.2) is 0 Å². The molecule has 1 aromatic carbocycles. The van der Waals surface area contributed by atoms with E-state index in [-0.39, 0.29) is 10.8 Å². The maximum absolute atomic E-state index is 11.9. The maximum Gasteiger partial charge on any atom is 0.240 e. The monoisotopic (exact) mass is 349 g/mol. The minimum Gasteiger partial charge on any atom is -0.325 e. The Kier molecular flexibility index (Phi) is 5.92. The molecule has 1 rings (SSSR count). The van der Waals surface area contributed by atoms with Crippen molar-refractivity contribution in [3.8, 4) is 0 Å². The van der Waals surface area contributed by atoms with Gasteiger partial charge in [0.2, 0.25) is 15.9 Å². The summed E-state index contributed by atoms with van der Waals surface area (Å²) in [6.07, 6.45) is 0. The van der Waals surface area contributed by atoms with Crippen LogP contribution < -0.4 is 15.4 Å². The number of hydrogen-bond donors (Lipinski definition) is 3. The van der Waals surface area contributed by atoms with Crippen LogP contribution >= 0.6 is 15.9 Å². The van der Waals surface area contributed by atoms with Crippen LogP contribution in [0.25, 0.3) is 0 Å². The Morgan fingerprint density at radius 2 is 2.00 bits per heavy atom. The number of carbonyl (C=O) groups excluding carboxylic acids is 1. The molecule has 1 aromatic rings. The summed E-state index contributed by atoms with van der Waals surface area (Å²) in [7, 11) is -1.79. The normalized spacial score (nSPS) is 11.3. The minimum atomic E-state index is -3.53. The summed E-state index contributed by atoms with van der Waals surface area (Å²) in [6.45, 7) is 2.24. The highest BCUT2D eigenvalue weighted by Gasteiger charge is 2.15. The first kappa shape index (κ1) is 16.1. The Labute approximate surface area is 121 Å². The Bertz CT molecular complexity index is 560. The number of amides is 1. The van der Waals surface area contributed by atoms with E-state index in [1.807, 2.05) is 0 Å². The van der Waals surface area contributed by atoms with Crippen LogP contribution in [0.5, 0.6) is 0 Å². The van der Waals surface area contributed by atoms with E-state index < -0.39 is 10.0 Å². The van der Waals surface area contributed by atoms with Crippen LogP contribution in [0.1, 0.15) is 6.92 Å². The van der Waals surface area contributed by atoms with Crippen molar-refractivity contribution in [2.75, 3.05) is 25.5 Å². The van der Waals surface area contributed by atoms with Gasteiger partial charge in [-0.1, -0.05) is 0 Å². The van der Waals surface area contributed by atoms with Crippen LogP contribution in [0.4, 0.5) is 5.69 Å². The van der Waals surface area contributed by atoms with Crippen molar-refractivity contribution in [2.45, 2.75) is 11.8 Å². The summed E-state index contributed by atoms with van der Waals surface area (Å²) in [5.41, 5.74) is 0.529. The van der Waals surface area contributed by atoms with E-state index in [1.54, 1.807) is 7.05 Å². The number of nitrogens with one attached hydrogen (secondary N) is 3. The van der Waals surface area contributed by atoms with Gasteiger partial charge in [0.05, 0.1) is 10.6 Å². The molecule has 0 aliphatic carbocycles. The number of hydrogen-bond acceptors (Lipinski definition) is 4.